The maximum atomic E-state index is 11.6. The normalized spacial score (nSPS) is 20.2. The number of carbonyl (C=O) groups excluding carboxylic acids is 1. The Bertz CT molecular complexity index is 236. The van der Waals surface area contributed by atoms with Gasteiger partial charge in [0.1, 0.15) is 5.54 Å². The molecule has 0 amide bonds. The molecule has 4 nitrogen and oxygen atoms in total. The van der Waals surface area contributed by atoms with Gasteiger partial charge in [-0.05, 0) is 65.6 Å². The number of ether oxygens (including phenoxy) is 1. The second-order valence-electron chi connectivity index (χ2n) is 5.14. The van der Waals surface area contributed by atoms with Gasteiger partial charge in [-0.1, -0.05) is 0 Å². The summed E-state index contributed by atoms with van der Waals surface area (Å²) in [6.45, 7) is 7.58. The molecule has 0 aromatic carbocycles. The first-order valence-corrected chi connectivity index (χ1v) is 6.74. The molecule has 0 radical (unpaired) electrons. The maximum absolute atomic E-state index is 11.6. The number of nitrogens with two attached hydrogens (primary N) is 1. The van der Waals surface area contributed by atoms with Crippen LogP contribution >= 0.6 is 0 Å². The molecule has 0 aromatic rings. The van der Waals surface area contributed by atoms with Crippen molar-refractivity contribution in [1.82, 2.24) is 4.90 Å². The smallest absolute Gasteiger partial charge is 0.325 e. The van der Waals surface area contributed by atoms with Gasteiger partial charge >= 0.3 is 5.97 Å². The molecule has 0 saturated carbocycles. The van der Waals surface area contributed by atoms with Crippen LogP contribution in [0.25, 0.3) is 0 Å². The molecule has 1 heterocycles. The summed E-state index contributed by atoms with van der Waals surface area (Å²) in [6, 6.07) is 0. The van der Waals surface area contributed by atoms with Gasteiger partial charge in [-0.25, -0.2) is 0 Å². The second kappa shape index (κ2) is 6.97. The van der Waals surface area contributed by atoms with Gasteiger partial charge in [0, 0.05) is 0 Å². The van der Waals surface area contributed by atoms with Crippen molar-refractivity contribution in [2.45, 2.75) is 51.5 Å². The zero-order valence-electron chi connectivity index (χ0n) is 11.2. The molecular formula is C13H26N2O2. The lowest BCUT2D eigenvalue weighted by molar-refractivity contribution is -0.149. The number of esters is 1. The first kappa shape index (κ1) is 14.5. The van der Waals surface area contributed by atoms with Crippen LogP contribution in [0.2, 0.25) is 0 Å². The lowest BCUT2D eigenvalue weighted by Gasteiger charge is -2.22. The van der Waals surface area contributed by atoms with Crippen LogP contribution in [0.3, 0.4) is 0 Å². The largest absolute Gasteiger partial charge is 0.465 e. The Morgan fingerprint density at radius 3 is 2.59 bits per heavy atom. The lowest BCUT2D eigenvalue weighted by Crippen LogP contribution is -2.46. The summed E-state index contributed by atoms with van der Waals surface area (Å²) in [6.07, 6.45) is 5.48. The van der Waals surface area contributed by atoms with E-state index in [1.807, 2.05) is 0 Å². The van der Waals surface area contributed by atoms with Gasteiger partial charge in [0.2, 0.25) is 0 Å². The van der Waals surface area contributed by atoms with Crippen LogP contribution in [-0.4, -0.2) is 42.6 Å². The van der Waals surface area contributed by atoms with Gasteiger partial charge in [-0.3, -0.25) is 4.79 Å². The van der Waals surface area contributed by atoms with Gasteiger partial charge in [0.05, 0.1) is 6.61 Å². The van der Waals surface area contributed by atoms with E-state index in [-0.39, 0.29) is 5.97 Å². The number of nitrogens with zero attached hydrogens (tertiary/aromatic N) is 1. The summed E-state index contributed by atoms with van der Waals surface area (Å²) in [4.78, 5) is 14.0. The van der Waals surface area contributed by atoms with E-state index in [4.69, 9.17) is 10.5 Å². The second-order valence-corrected chi connectivity index (χ2v) is 5.14. The summed E-state index contributed by atoms with van der Waals surface area (Å²) in [5.74, 6) is -0.277. The van der Waals surface area contributed by atoms with Gasteiger partial charge in [0.25, 0.3) is 0 Å². The number of likely N-dealkylation sites (tertiary alicyclic amines) is 1. The number of hydrogen-bond acceptors (Lipinski definition) is 4. The van der Waals surface area contributed by atoms with Crippen LogP contribution in [0.4, 0.5) is 0 Å². The molecule has 0 spiro atoms. The van der Waals surface area contributed by atoms with Gasteiger partial charge in [-0.15, -0.1) is 0 Å². The Morgan fingerprint density at radius 2 is 2.00 bits per heavy atom. The Hall–Kier alpha value is -0.610. The minimum atomic E-state index is -0.818. The molecule has 17 heavy (non-hydrogen) atoms. The van der Waals surface area contributed by atoms with Crippen molar-refractivity contribution in [3.05, 3.63) is 0 Å². The van der Waals surface area contributed by atoms with E-state index in [1.165, 1.54) is 25.9 Å². The van der Waals surface area contributed by atoms with Crippen LogP contribution in [0.1, 0.15) is 46.0 Å². The van der Waals surface area contributed by atoms with Crippen LogP contribution in [0.5, 0.6) is 0 Å². The van der Waals surface area contributed by atoms with E-state index in [9.17, 15) is 4.79 Å². The van der Waals surface area contributed by atoms with E-state index in [1.54, 1.807) is 13.8 Å². The van der Waals surface area contributed by atoms with Crippen molar-refractivity contribution in [2.24, 2.45) is 5.73 Å². The highest BCUT2D eigenvalue weighted by Gasteiger charge is 2.29. The summed E-state index contributed by atoms with van der Waals surface area (Å²) >= 11 is 0. The molecule has 4 heteroatoms. The highest BCUT2D eigenvalue weighted by Crippen LogP contribution is 2.14. The molecule has 1 unspecified atom stereocenters. The van der Waals surface area contributed by atoms with Crippen molar-refractivity contribution in [2.75, 3.05) is 26.2 Å². The third-order valence-electron chi connectivity index (χ3n) is 3.36. The van der Waals surface area contributed by atoms with Crippen LogP contribution in [0.15, 0.2) is 0 Å². The van der Waals surface area contributed by atoms with Crippen molar-refractivity contribution < 1.29 is 9.53 Å². The molecule has 1 saturated heterocycles. The van der Waals surface area contributed by atoms with E-state index < -0.39 is 5.54 Å². The Labute approximate surface area is 104 Å². The number of unbranched alkanes of at least 4 members (excludes halogenated alkanes) is 1. The highest BCUT2D eigenvalue weighted by atomic mass is 16.5. The van der Waals surface area contributed by atoms with Gasteiger partial charge in [-0.2, -0.15) is 0 Å². The fourth-order valence-electron chi connectivity index (χ4n) is 2.23. The van der Waals surface area contributed by atoms with Crippen molar-refractivity contribution >= 4 is 5.97 Å². The number of carbonyl (C=O) groups is 1. The van der Waals surface area contributed by atoms with Crippen LogP contribution < -0.4 is 5.73 Å². The molecule has 2 N–H and O–H groups in total. The summed E-state index contributed by atoms with van der Waals surface area (Å²) in [5, 5.41) is 0. The monoisotopic (exact) mass is 242 g/mol. The topological polar surface area (TPSA) is 55.6 Å². The van der Waals surface area contributed by atoms with Crippen molar-refractivity contribution in [3.8, 4) is 0 Å². The zero-order chi connectivity index (χ0) is 12.7. The third kappa shape index (κ3) is 5.04. The van der Waals surface area contributed by atoms with E-state index in [0.717, 1.165) is 19.4 Å². The van der Waals surface area contributed by atoms with Crippen molar-refractivity contribution in [1.29, 1.82) is 0 Å². The quantitative estimate of drug-likeness (QED) is 0.543. The molecule has 0 aliphatic carbocycles. The fourth-order valence-corrected chi connectivity index (χ4v) is 2.23. The first-order chi connectivity index (χ1) is 8.06. The van der Waals surface area contributed by atoms with Gasteiger partial charge in [0.15, 0.2) is 0 Å². The molecular weight excluding hydrogens is 216 g/mol. The number of rotatable bonds is 7. The molecule has 1 aliphatic heterocycles. The average Bonchev–Trinajstić information content (AvgIpc) is 2.77. The van der Waals surface area contributed by atoms with Crippen LogP contribution in [-0.2, 0) is 9.53 Å². The number of hydrogen-bond donors (Lipinski definition) is 1. The molecule has 0 aromatic heterocycles. The molecule has 100 valence electrons. The SMILES string of the molecule is CCOC(=O)C(C)(N)CCCCN1CCCC1. The van der Waals surface area contributed by atoms with Gasteiger partial charge < -0.3 is 15.4 Å². The molecule has 0 bridgehead atoms. The zero-order valence-corrected chi connectivity index (χ0v) is 11.2. The summed E-state index contributed by atoms with van der Waals surface area (Å²) < 4.78 is 4.96. The molecule has 1 rings (SSSR count). The maximum Gasteiger partial charge on any atom is 0.325 e. The summed E-state index contributed by atoms with van der Waals surface area (Å²) in [7, 11) is 0. The minimum Gasteiger partial charge on any atom is -0.465 e. The van der Waals surface area contributed by atoms with Crippen LogP contribution in [0, 0.1) is 0 Å². The molecule has 1 aliphatic rings. The molecule has 1 atom stereocenters. The minimum absolute atomic E-state index is 0.277. The third-order valence-corrected chi connectivity index (χ3v) is 3.36. The van der Waals surface area contributed by atoms with E-state index in [0.29, 0.717) is 13.0 Å². The fraction of sp³-hybridized carbons (Fsp3) is 0.923. The Morgan fingerprint density at radius 1 is 1.35 bits per heavy atom. The average molecular weight is 242 g/mol. The van der Waals surface area contributed by atoms with E-state index >= 15 is 0 Å². The van der Waals surface area contributed by atoms with E-state index in [2.05, 4.69) is 4.90 Å². The standard InChI is InChI=1S/C13H26N2O2/c1-3-17-12(16)13(2,14)8-4-5-9-15-10-6-7-11-15/h3-11,14H2,1-2H3. The van der Waals surface area contributed by atoms with Crippen molar-refractivity contribution in [3.63, 3.8) is 0 Å². The predicted molar refractivity (Wildman–Crippen MR) is 68.8 cm³/mol. The highest BCUT2D eigenvalue weighted by molar-refractivity contribution is 5.79. The Balaban J connectivity index is 2.13. The molecule has 1 fully saturated rings. The predicted octanol–water partition coefficient (Wildman–Crippen LogP) is 1.53. The first-order valence-electron chi connectivity index (χ1n) is 6.74. The Kier molecular flexibility index (Phi) is 5.92. The summed E-state index contributed by atoms with van der Waals surface area (Å²) in [5.41, 5.74) is 5.13. The lowest BCUT2D eigenvalue weighted by atomic mass is 9.96.